The smallest absolute Gasteiger partial charge is 0.334 e. The van der Waals surface area contributed by atoms with Gasteiger partial charge in [-0.1, -0.05) is 12.6 Å². The average Bonchev–Trinajstić information content (AvgIpc) is 3.47. The van der Waals surface area contributed by atoms with E-state index >= 15 is 0 Å². The number of likely N-dealkylation sites (tertiary alicyclic amines) is 1. The van der Waals surface area contributed by atoms with Gasteiger partial charge in [0, 0.05) is 25.4 Å². The molecule has 178 valence electrons. The van der Waals surface area contributed by atoms with Crippen molar-refractivity contribution < 1.29 is 14.3 Å². The number of benzene rings is 2. The third kappa shape index (κ3) is 4.30. The van der Waals surface area contributed by atoms with Crippen LogP contribution in [0.5, 0.6) is 17.2 Å². The Morgan fingerprint density at radius 3 is 2.69 bits per heavy atom. The molecule has 1 atom stereocenters. The Kier molecular flexibility index (Phi) is 6.10. The van der Waals surface area contributed by atoms with Crippen LogP contribution in [0.4, 0.5) is 0 Å². The van der Waals surface area contributed by atoms with E-state index in [2.05, 4.69) is 11.6 Å². The van der Waals surface area contributed by atoms with E-state index in [-0.39, 0.29) is 17.6 Å². The summed E-state index contributed by atoms with van der Waals surface area (Å²) in [6, 6.07) is 16.5. The first kappa shape index (κ1) is 22.5. The lowest BCUT2D eigenvalue weighted by Gasteiger charge is -2.15. The van der Waals surface area contributed by atoms with Crippen molar-refractivity contribution in [3.05, 3.63) is 90.1 Å². The minimum absolute atomic E-state index is 0.113. The zero-order valence-electron chi connectivity index (χ0n) is 19.5. The maximum Gasteiger partial charge on any atom is 0.334 e. The van der Waals surface area contributed by atoms with E-state index in [0.29, 0.717) is 48.8 Å². The van der Waals surface area contributed by atoms with E-state index < -0.39 is 0 Å². The summed E-state index contributed by atoms with van der Waals surface area (Å²) in [5, 5.41) is 0. The maximum atomic E-state index is 13.6. The Labute approximate surface area is 202 Å². The number of carbonyl (C=O) groups is 1. The van der Waals surface area contributed by atoms with E-state index in [0.717, 1.165) is 11.3 Å². The highest BCUT2D eigenvalue weighted by atomic mass is 16.5. The van der Waals surface area contributed by atoms with Gasteiger partial charge in [0.25, 0.3) is 0 Å². The fraction of sp³-hybridized carbons (Fsp3) is 0.222. The van der Waals surface area contributed by atoms with Gasteiger partial charge in [-0.05, 0) is 61.9 Å². The van der Waals surface area contributed by atoms with Crippen LogP contribution in [0.2, 0.25) is 0 Å². The molecule has 1 fully saturated rings. The fourth-order valence-electron chi connectivity index (χ4n) is 4.55. The number of amides is 1. The zero-order chi connectivity index (χ0) is 24.4. The molecule has 2 aromatic carbocycles. The highest BCUT2D eigenvalue weighted by molar-refractivity contribution is 5.87. The molecule has 1 amide bonds. The Morgan fingerprint density at radius 2 is 1.91 bits per heavy atom. The van der Waals surface area contributed by atoms with Crippen molar-refractivity contribution in [1.82, 2.24) is 19.0 Å². The van der Waals surface area contributed by atoms with Crippen molar-refractivity contribution in [3.63, 3.8) is 0 Å². The summed E-state index contributed by atoms with van der Waals surface area (Å²) in [4.78, 5) is 31.7. The zero-order valence-corrected chi connectivity index (χ0v) is 19.5. The molecule has 4 aromatic rings. The van der Waals surface area contributed by atoms with Gasteiger partial charge in [0.15, 0.2) is 0 Å². The SMILES string of the molecule is C=CC(=O)N1CC[C@@H](n2c(=O)n(-c3ccc(Oc4cccc(OCC)c4)cc3)c3cnccc32)C1. The number of hydrogen-bond donors (Lipinski definition) is 0. The van der Waals surface area contributed by atoms with Gasteiger partial charge in [0.1, 0.15) is 17.2 Å². The number of rotatable bonds is 7. The van der Waals surface area contributed by atoms with Crippen LogP contribution >= 0.6 is 0 Å². The molecular weight excluding hydrogens is 444 g/mol. The first-order valence-corrected chi connectivity index (χ1v) is 11.6. The molecule has 1 aliphatic rings. The fourth-order valence-corrected chi connectivity index (χ4v) is 4.55. The molecule has 1 saturated heterocycles. The Bertz CT molecular complexity index is 1440. The van der Waals surface area contributed by atoms with Crippen LogP contribution in [0.1, 0.15) is 19.4 Å². The van der Waals surface area contributed by atoms with E-state index in [1.165, 1.54) is 6.08 Å². The highest BCUT2D eigenvalue weighted by Gasteiger charge is 2.29. The number of nitrogens with zero attached hydrogens (tertiary/aromatic N) is 4. The number of imidazole rings is 1. The molecule has 0 spiro atoms. The molecule has 1 aliphatic heterocycles. The first-order valence-electron chi connectivity index (χ1n) is 11.6. The monoisotopic (exact) mass is 470 g/mol. The molecule has 2 aromatic heterocycles. The van der Waals surface area contributed by atoms with Crippen LogP contribution < -0.4 is 15.2 Å². The van der Waals surface area contributed by atoms with Crippen molar-refractivity contribution >= 4 is 16.9 Å². The van der Waals surface area contributed by atoms with Gasteiger partial charge in [-0.15, -0.1) is 0 Å². The van der Waals surface area contributed by atoms with E-state index in [1.54, 1.807) is 26.4 Å². The van der Waals surface area contributed by atoms with Gasteiger partial charge in [-0.2, -0.15) is 0 Å². The Balaban J connectivity index is 1.46. The lowest BCUT2D eigenvalue weighted by molar-refractivity contribution is -0.125. The summed E-state index contributed by atoms with van der Waals surface area (Å²) in [7, 11) is 0. The number of pyridine rings is 1. The van der Waals surface area contributed by atoms with E-state index in [1.807, 2.05) is 61.5 Å². The molecule has 8 heteroatoms. The van der Waals surface area contributed by atoms with Gasteiger partial charge in [0.05, 0.1) is 35.6 Å². The van der Waals surface area contributed by atoms with Crippen LogP contribution in [0.15, 0.2) is 84.4 Å². The second-order valence-electron chi connectivity index (χ2n) is 8.29. The van der Waals surface area contributed by atoms with Crippen LogP contribution in [0, 0.1) is 0 Å². The number of ether oxygens (including phenoxy) is 2. The third-order valence-corrected chi connectivity index (χ3v) is 6.14. The molecule has 0 unspecified atom stereocenters. The molecular formula is C27H26N4O4. The maximum absolute atomic E-state index is 13.6. The second kappa shape index (κ2) is 9.50. The molecule has 0 bridgehead atoms. The lowest BCUT2D eigenvalue weighted by Crippen LogP contribution is -2.31. The minimum atomic E-state index is -0.163. The normalized spacial score (nSPS) is 15.3. The summed E-state index contributed by atoms with van der Waals surface area (Å²) in [6.45, 7) is 7.15. The summed E-state index contributed by atoms with van der Waals surface area (Å²) in [5.41, 5.74) is 2.04. The quantitative estimate of drug-likeness (QED) is 0.376. The van der Waals surface area contributed by atoms with Crippen LogP contribution in [0.25, 0.3) is 16.7 Å². The van der Waals surface area contributed by atoms with Crippen molar-refractivity contribution in [3.8, 4) is 22.9 Å². The number of carbonyl (C=O) groups excluding carboxylic acids is 1. The van der Waals surface area contributed by atoms with Crippen LogP contribution in [-0.2, 0) is 4.79 Å². The first-order chi connectivity index (χ1) is 17.1. The standard InChI is InChI=1S/C27H26N4O4/c1-3-26(32)29-15-13-20(18-29)31-24-12-14-28-17-25(24)30(27(31)33)19-8-10-21(11-9-19)35-23-7-5-6-22(16-23)34-4-2/h3,5-12,14,16-17,20H,1,4,13,15,18H2,2H3/t20-/m1/s1. The van der Waals surface area contributed by atoms with E-state index in [9.17, 15) is 9.59 Å². The summed E-state index contributed by atoms with van der Waals surface area (Å²) in [6.07, 6.45) is 5.39. The summed E-state index contributed by atoms with van der Waals surface area (Å²) < 4.78 is 14.9. The predicted molar refractivity (Wildman–Crippen MR) is 133 cm³/mol. The summed E-state index contributed by atoms with van der Waals surface area (Å²) in [5.74, 6) is 1.94. The number of aromatic nitrogens is 3. The second-order valence-corrected chi connectivity index (χ2v) is 8.29. The van der Waals surface area contributed by atoms with Crippen LogP contribution in [-0.4, -0.2) is 44.6 Å². The molecule has 0 N–H and O–H groups in total. The number of fused-ring (bicyclic) bond motifs is 1. The molecule has 35 heavy (non-hydrogen) atoms. The Hall–Kier alpha value is -4.33. The molecule has 0 saturated carbocycles. The van der Waals surface area contributed by atoms with Gasteiger partial charge < -0.3 is 14.4 Å². The topological polar surface area (TPSA) is 78.6 Å². The van der Waals surface area contributed by atoms with Crippen molar-refractivity contribution in [2.75, 3.05) is 19.7 Å². The minimum Gasteiger partial charge on any atom is -0.494 e. The van der Waals surface area contributed by atoms with E-state index in [4.69, 9.17) is 9.47 Å². The number of hydrogen-bond acceptors (Lipinski definition) is 5. The average molecular weight is 471 g/mol. The molecule has 0 radical (unpaired) electrons. The van der Waals surface area contributed by atoms with Crippen molar-refractivity contribution in [1.29, 1.82) is 0 Å². The third-order valence-electron chi connectivity index (χ3n) is 6.14. The Morgan fingerprint density at radius 1 is 1.11 bits per heavy atom. The van der Waals surface area contributed by atoms with Gasteiger partial charge in [-0.3, -0.25) is 18.9 Å². The highest BCUT2D eigenvalue weighted by Crippen LogP contribution is 2.28. The van der Waals surface area contributed by atoms with Crippen molar-refractivity contribution in [2.45, 2.75) is 19.4 Å². The lowest BCUT2D eigenvalue weighted by atomic mass is 10.2. The molecule has 5 rings (SSSR count). The van der Waals surface area contributed by atoms with Gasteiger partial charge >= 0.3 is 5.69 Å². The van der Waals surface area contributed by atoms with Crippen molar-refractivity contribution in [2.24, 2.45) is 0 Å². The largest absolute Gasteiger partial charge is 0.494 e. The molecule has 3 heterocycles. The van der Waals surface area contributed by atoms with Gasteiger partial charge in [-0.25, -0.2) is 4.79 Å². The molecule has 8 nitrogen and oxygen atoms in total. The van der Waals surface area contributed by atoms with Crippen LogP contribution in [0.3, 0.4) is 0 Å². The predicted octanol–water partition coefficient (Wildman–Crippen LogP) is 4.34. The van der Waals surface area contributed by atoms with Gasteiger partial charge in [0.2, 0.25) is 5.91 Å². The molecule has 0 aliphatic carbocycles. The summed E-state index contributed by atoms with van der Waals surface area (Å²) >= 11 is 0.